The summed E-state index contributed by atoms with van der Waals surface area (Å²) in [5.41, 5.74) is -0.669. The van der Waals surface area contributed by atoms with Crippen LogP contribution in [0.5, 0.6) is 0 Å². The number of hydrogen-bond acceptors (Lipinski definition) is 4. The van der Waals surface area contributed by atoms with Crippen LogP contribution in [-0.4, -0.2) is 26.9 Å². The van der Waals surface area contributed by atoms with Crippen molar-refractivity contribution in [2.45, 2.75) is 0 Å². The van der Waals surface area contributed by atoms with Crippen molar-refractivity contribution in [1.29, 1.82) is 0 Å². The molecule has 0 unspecified atom stereocenters. The summed E-state index contributed by atoms with van der Waals surface area (Å²) in [4.78, 5) is 34.7. The molecule has 0 bridgehead atoms. The number of carboxylic acids is 1. The summed E-state index contributed by atoms with van der Waals surface area (Å²) in [6.45, 7) is 0. The summed E-state index contributed by atoms with van der Waals surface area (Å²) in [6, 6.07) is 6.82. The lowest BCUT2D eigenvalue weighted by Gasteiger charge is -2.05. The second-order valence-corrected chi connectivity index (χ2v) is 3.68. The molecule has 1 amide bonds. The highest BCUT2D eigenvalue weighted by Gasteiger charge is 2.16. The Morgan fingerprint density at radius 1 is 1.26 bits per heavy atom. The summed E-state index contributed by atoms with van der Waals surface area (Å²) in [6.07, 6.45) is 0. The fourth-order valence-electron chi connectivity index (χ4n) is 1.53. The van der Waals surface area contributed by atoms with Gasteiger partial charge in [0.05, 0.1) is 11.1 Å². The number of carbonyl (C=O) groups is 2. The van der Waals surface area contributed by atoms with E-state index in [0.29, 0.717) is 4.79 Å². The smallest absolute Gasteiger partial charge is 0.336 e. The number of nitrogens with zero attached hydrogens (tertiary/aromatic N) is 1. The number of carboxylic acid groups (broad SMARTS) is 1. The zero-order valence-electron chi connectivity index (χ0n) is 9.58. The minimum atomic E-state index is -1.21. The second-order valence-electron chi connectivity index (χ2n) is 3.68. The van der Waals surface area contributed by atoms with Gasteiger partial charge in [0.25, 0.3) is 11.5 Å². The van der Waals surface area contributed by atoms with E-state index in [0.717, 1.165) is 6.07 Å². The number of nitrogens with two attached hydrogens (primary N) is 1. The number of carbonyl (C=O) groups excluding carboxylic acids is 1. The number of hydrogen-bond donors (Lipinski definition) is 4. The van der Waals surface area contributed by atoms with E-state index < -0.39 is 17.4 Å². The third-order valence-corrected chi connectivity index (χ3v) is 2.40. The first-order valence-corrected chi connectivity index (χ1v) is 5.20. The molecule has 0 saturated heterocycles. The molecular formula is C11H10N4O4. The monoisotopic (exact) mass is 262 g/mol. The zero-order chi connectivity index (χ0) is 14.0. The Morgan fingerprint density at radius 3 is 2.42 bits per heavy atom. The molecule has 1 aromatic heterocycles. The van der Waals surface area contributed by atoms with E-state index in [1.807, 2.05) is 0 Å². The largest absolute Gasteiger partial charge is 0.478 e. The summed E-state index contributed by atoms with van der Waals surface area (Å²) in [7, 11) is 0. The number of H-pyrrole nitrogens is 1. The number of amides is 1. The Labute approximate surface area is 106 Å². The van der Waals surface area contributed by atoms with Gasteiger partial charge in [0.1, 0.15) is 5.82 Å². The molecule has 1 aromatic carbocycles. The Bertz CT molecular complexity index is 701. The number of benzene rings is 1. The van der Waals surface area contributed by atoms with Crippen molar-refractivity contribution in [3.63, 3.8) is 0 Å². The van der Waals surface area contributed by atoms with Crippen molar-refractivity contribution in [2.75, 3.05) is 11.2 Å². The number of nitrogens with one attached hydrogen (secondary N) is 2. The van der Waals surface area contributed by atoms with Crippen LogP contribution < -0.4 is 16.7 Å². The third-order valence-electron chi connectivity index (χ3n) is 2.40. The van der Waals surface area contributed by atoms with Crippen LogP contribution in [0.4, 0.5) is 5.82 Å². The van der Waals surface area contributed by atoms with Gasteiger partial charge in [-0.05, 0) is 12.1 Å². The van der Waals surface area contributed by atoms with Gasteiger partial charge in [-0.3, -0.25) is 14.7 Å². The predicted molar refractivity (Wildman–Crippen MR) is 66.6 cm³/mol. The molecule has 8 heteroatoms. The van der Waals surface area contributed by atoms with E-state index in [2.05, 4.69) is 10.4 Å². The van der Waals surface area contributed by atoms with E-state index in [1.165, 1.54) is 24.3 Å². The number of nitrogen functional groups attached to an aromatic ring is 1. The lowest BCUT2D eigenvalue weighted by atomic mass is 10.1. The molecule has 0 atom stereocenters. The lowest BCUT2D eigenvalue weighted by molar-refractivity contribution is 0.0692. The minimum Gasteiger partial charge on any atom is -0.478 e. The fraction of sp³-hybridized carbons (Fsp3) is 0. The molecule has 0 spiro atoms. The number of aromatic carboxylic acids is 1. The fourth-order valence-corrected chi connectivity index (χ4v) is 1.53. The zero-order valence-corrected chi connectivity index (χ0v) is 9.58. The van der Waals surface area contributed by atoms with Crippen LogP contribution in [0, 0.1) is 0 Å². The first-order valence-electron chi connectivity index (χ1n) is 5.20. The first-order chi connectivity index (χ1) is 8.99. The standard InChI is InChI=1S/C11H10N4O4/c12-15-9(16)5-8(14-15)13-10(17)6-3-1-2-4-7(6)11(18)19/h1-5,14H,12H2,(H,13,17)(H,18,19). The van der Waals surface area contributed by atoms with Gasteiger partial charge in [-0.15, -0.1) is 0 Å². The van der Waals surface area contributed by atoms with E-state index >= 15 is 0 Å². The van der Waals surface area contributed by atoms with E-state index in [-0.39, 0.29) is 16.9 Å². The molecule has 2 rings (SSSR count). The van der Waals surface area contributed by atoms with Crippen molar-refractivity contribution < 1.29 is 14.7 Å². The van der Waals surface area contributed by atoms with Gasteiger partial charge in [0, 0.05) is 6.07 Å². The van der Waals surface area contributed by atoms with E-state index in [1.54, 1.807) is 0 Å². The van der Waals surface area contributed by atoms with E-state index in [9.17, 15) is 14.4 Å². The van der Waals surface area contributed by atoms with Crippen LogP contribution in [0.2, 0.25) is 0 Å². The molecule has 19 heavy (non-hydrogen) atoms. The van der Waals surface area contributed by atoms with Gasteiger partial charge in [-0.25, -0.2) is 4.79 Å². The van der Waals surface area contributed by atoms with Gasteiger partial charge in [0.2, 0.25) is 0 Å². The normalized spacial score (nSPS) is 10.1. The molecule has 8 nitrogen and oxygen atoms in total. The maximum Gasteiger partial charge on any atom is 0.336 e. The van der Waals surface area contributed by atoms with Gasteiger partial charge < -0.3 is 16.3 Å². The average Bonchev–Trinajstić information content (AvgIpc) is 2.68. The highest BCUT2D eigenvalue weighted by molar-refractivity contribution is 6.10. The van der Waals surface area contributed by atoms with Crippen LogP contribution in [0.3, 0.4) is 0 Å². The number of anilines is 1. The molecule has 0 saturated carbocycles. The molecule has 98 valence electrons. The van der Waals surface area contributed by atoms with Crippen LogP contribution in [-0.2, 0) is 0 Å². The van der Waals surface area contributed by atoms with Crippen molar-refractivity contribution >= 4 is 17.7 Å². The Morgan fingerprint density at radius 2 is 1.89 bits per heavy atom. The van der Waals surface area contributed by atoms with Gasteiger partial charge in [-0.1, -0.05) is 12.1 Å². The van der Waals surface area contributed by atoms with Gasteiger partial charge >= 0.3 is 5.97 Å². The van der Waals surface area contributed by atoms with Crippen LogP contribution in [0.25, 0.3) is 0 Å². The average molecular weight is 262 g/mol. The van der Waals surface area contributed by atoms with Crippen molar-refractivity contribution in [3.8, 4) is 0 Å². The summed E-state index contributed by atoms with van der Waals surface area (Å²) < 4.78 is 0. The minimum absolute atomic E-state index is 0.0133. The third kappa shape index (κ3) is 2.46. The molecule has 0 aliphatic rings. The number of aromatic nitrogens is 2. The molecule has 0 aliphatic heterocycles. The molecule has 0 radical (unpaired) electrons. The maximum atomic E-state index is 11.9. The summed E-state index contributed by atoms with van der Waals surface area (Å²) >= 11 is 0. The molecule has 0 aliphatic carbocycles. The van der Waals surface area contributed by atoms with E-state index in [4.69, 9.17) is 10.9 Å². The van der Waals surface area contributed by atoms with Crippen molar-refractivity contribution in [1.82, 2.24) is 9.89 Å². The number of aromatic amines is 1. The van der Waals surface area contributed by atoms with Crippen LogP contribution >= 0.6 is 0 Å². The molecule has 1 heterocycles. The summed E-state index contributed by atoms with van der Waals surface area (Å²) in [5.74, 6) is 3.45. The highest BCUT2D eigenvalue weighted by Crippen LogP contribution is 2.10. The van der Waals surface area contributed by atoms with Crippen LogP contribution in [0.1, 0.15) is 20.7 Å². The second kappa shape index (κ2) is 4.69. The number of rotatable bonds is 3. The van der Waals surface area contributed by atoms with Gasteiger partial charge in [-0.2, -0.15) is 4.79 Å². The van der Waals surface area contributed by atoms with Crippen molar-refractivity contribution in [2.24, 2.45) is 0 Å². The Kier molecular flexibility index (Phi) is 3.06. The predicted octanol–water partition coefficient (Wildman–Crippen LogP) is -0.159. The van der Waals surface area contributed by atoms with Crippen LogP contribution in [0.15, 0.2) is 35.1 Å². The SMILES string of the molecule is Nn1[nH]c(NC(=O)c2ccccc2C(=O)O)cc1=O. The molecular weight excluding hydrogens is 252 g/mol. The molecule has 2 aromatic rings. The molecule has 0 fully saturated rings. The van der Waals surface area contributed by atoms with Crippen molar-refractivity contribution in [3.05, 3.63) is 51.8 Å². The van der Waals surface area contributed by atoms with Gasteiger partial charge in [0.15, 0.2) is 0 Å². The first kappa shape index (κ1) is 12.4. The topological polar surface area (TPSA) is 130 Å². The summed E-state index contributed by atoms with van der Waals surface area (Å²) in [5, 5.41) is 13.7. The lowest BCUT2D eigenvalue weighted by Crippen LogP contribution is -2.23. The Hall–Kier alpha value is -3.03. The quantitative estimate of drug-likeness (QED) is 0.571. The highest BCUT2D eigenvalue weighted by atomic mass is 16.4. The molecule has 5 N–H and O–H groups in total. The Balaban J connectivity index is 2.30. The maximum absolute atomic E-state index is 11.9.